The van der Waals surface area contributed by atoms with Crippen molar-refractivity contribution in [2.75, 3.05) is 5.73 Å². The Labute approximate surface area is 122 Å². The second kappa shape index (κ2) is 5.45. The van der Waals surface area contributed by atoms with Gasteiger partial charge in [0.2, 0.25) is 10.0 Å². The summed E-state index contributed by atoms with van der Waals surface area (Å²) in [4.78, 5) is -0.0551. The number of nitrogens with one attached hydrogen (secondary N) is 1. The first-order chi connectivity index (χ1) is 9.72. The third-order valence-corrected chi connectivity index (χ3v) is 4.74. The number of anilines is 1. The zero-order chi connectivity index (χ0) is 15.8. The van der Waals surface area contributed by atoms with Crippen molar-refractivity contribution in [3.05, 3.63) is 41.0 Å². The molecule has 8 heteroatoms. The molecule has 0 unspecified atom stereocenters. The average molecular weight is 312 g/mol. The summed E-state index contributed by atoms with van der Waals surface area (Å²) in [7, 11) is -1.99. The summed E-state index contributed by atoms with van der Waals surface area (Å²) in [6.45, 7) is 3.42. The first-order valence-corrected chi connectivity index (χ1v) is 7.73. The van der Waals surface area contributed by atoms with Crippen molar-refractivity contribution in [2.24, 2.45) is 7.05 Å². The van der Waals surface area contributed by atoms with Crippen LogP contribution in [0.15, 0.2) is 23.2 Å². The number of aromatic nitrogens is 2. The summed E-state index contributed by atoms with van der Waals surface area (Å²) < 4.78 is 42.0. The van der Waals surface area contributed by atoms with Gasteiger partial charge in [0.05, 0.1) is 16.8 Å². The Balaban J connectivity index is 2.25. The number of hydrogen-bond donors (Lipinski definition) is 2. The molecule has 21 heavy (non-hydrogen) atoms. The number of hydrogen-bond acceptors (Lipinski definition) is 4. The predicted molar refractivity (Wildman–Crippen MR) is 77.5 cm³/mol. The molecule has 0 aliphatic carbocycles. The molecule has 0 spiro atoms. The van der Waals surface area contributed by atoms with Gasteiger partial charge in [-0.15, -0.1) is 0 Å². The molecule has 1 heterocycles. The van der Waals surface area contributed by atoms with E-state index in [4.69, 9.17) is 5.73 Å². The highest BCUT2D eigenvalue weighted by atomic mass is 32.2. The van der Waals surface area contributed by atoms with Gasteiger partial charge in [-0.2, -0.15) is 5.10 Å². The van der Waals surface area contributed by atoms with E-state index >= 15 is 0 Å². The molecule has 0 aliphatic rings. The maximum absolute atomic E-state index is 13.5. The lowest BCUT2D eigenvalue weighted by Crippen LogP contribution is -2.24. The van der Waals surface area contributed by atoms with Gasteiger partial charge in [0.15, 0.2) is 0 Å². The summed E-state index contributed by atoms with van der Waals surface area (Å²) in [5.74, 6) is -0.600. The molecule has 0 bridgehead atoms. The van der Waals surface area contributed by atoms with E-state index in [0.717, 1.165) is 17.3 Å². The molecule has 0 aliphatic heterocycles. The van der Waals surface area contributed by atoms with E-state index in [2.05, 4.69) is 9.82 Å². The van der Waals surface area contributed by atoms with Crippen molar-refractivity contribution in [2.45, 2.75) is 25.3 Å². The van der Waals surface area contributed by atoms with Gasteiger partial charge in [0.1, 0.15) is 5.82 Å². The number of aryl methyl sites for hydroxylation is 2. The van der Waals surface area contributed by atoms with Crippen molar-refractivity contribution in [1.82, 2.24) is 14.5 Å². The lowest BCUT2D eigenvalue weighted by Gasteiger charge is -2.09. The van der Waals surface area contributed by atoms with Crippen LogP contribution in [-0.2, 0) is 23.6 Å². The number of nitrogen functional groups attached to an aromatic ring is 1. The smallest absolute Gasteiger partial charge is 0.240 e. The first-order valence-electron chi connectivity index (χ1n) is 6.25. The Morgan fingerprint density at radius 3 is 2.57 bits per heavy atom. The highest BCUT2D eigenvalue weighted by molar-refractivity contribution is 7.89. The minimum absolute atomic E-state index is 0.0551. The molecule has 0 atom stereocenters. The van der Waals surface area contributed by atoms with Crippen LogP contribution in [0.3, 0.4) is 0 Å². The zero-order valence-electron chi connectivity index (χ0n) is 12.0. The van der Waals surface area contributed by atoms with Gasteiger partial charge in [-0.25, -0.2) is 17.5 Å². The summed E-state index contributed by atoms with van der Waals surface area (Å²) >= 11 is 0. The number of sulfonamides is 1. The monoisotopic (exact) mass is 312 g/mol. The number of nitrogens with two attached hydrogens (primary N) is 1. The Kier molecular flexibility index (Phi) is 4.02. The molecule has 2 aromatic rings. The topological polar surface area (TPSA) is 90.0 Å². The molecular formula is C13H17FN4O2S. The first kappa shape index (κ1) is 15.5. The molecule has 0 radical (unpaired) electrons. The highest BCUT2D eigenvalue weighted by Gasteiger charge is 2.18. The lowest BCUT2D eigenvalue weighted by atomic mass is 10.2. The van der Waals surface area contributed by atoms with E-state index in [1.54, 1.807) is 17.9 Å². The Morgan fingerprint density at radius 1 is 1.38 bits per heavy atom. The summed E-state index contributed by atoms with van der Waals surface area (Å²) in [5, 5.41) is 4.04. The van der Waals surface area contributed by atoms with E-state index in [1.165, 1.54) is 13.0 Å². The fourth-order valence-electron chi connectivity index (χ4n) is 1.89. The van der Waals surface area contributed by atoms with E-state index in [9.17, 15) is 12.8 Å². The molecule has 0 fully saturated rings. The number of halogens is 1. The Hall–Kier alpha value is -1.93. The molecule has 2 rings (SSSR count). The predicted octanol–water partition coefficient (Wildman–Crippen LogP) is 1.24. The molecule has 1 aromatic heterocycles. The van der Waals surface area contributed by atoms with E-state index in [1.807, 2.05) is 6.92 Å². The van der Waals surface area contributed by atoms with Crippen molar-refractivity contribution in [3.63, 3.8) is 0 Å². The van der Waals surface area contributed by atoms with Crippen LogP contribution in [0.2, 0.25) is 0 Å². The zero-order valence-corrected chi connectivity index (χ0v) is 12.8. The standard InChI is InChI=1S/C13H17FN4O2S/c1-8-4-11(5-12(15)13(8)14)21(19,20)17-7-10-6-16-18(3)9(10)2/h4-6,17H,7,15H2,1-3H3. The number of rotatable bonds is 4. The highest BCUT2D eigenvalue weighted by Crippen LogP contribution is 2.21. The fourth-order valence-corrected chi connectivity index (χ4v) is 3.02. The maximum atomic E-state index is 13.5. The SMILES string of the molecule is Cc1cc(S(=O)(=O)NCc2cnn(C)c2C)cc(N)c1F. The molecule has 6 nitrogen and oxygen atoms in total. The second-order valence-electron chi connectivity index (χ2n) is 4.85. The van der Waals surface area contributed by atoms with Crippen LogP contribution in [0, 0.1) is 19.7 Å². The van der Waals surface area contributed by atoms with Crippen LogP contribution >= 0.6 is 0 Å². The molecule has 0 saturated heterocycles. The van der Waals surface area contributed by atoms with Gasteiger partial charge in [-0.1, -0.05) is 0 Å². The lowest BCUT2D eigenvalue weighted by molar-refractivity contribution is 0.580. The summed E-state index contributed by atoms with van der Waals surface area (Å²) in [6, 6.07) is 2.37. The maximum Gasteiger partial charge on any atom is 0.240 e. The van der Waals surface area contributed by atoms with Gasteiger partial charge in [0.25, 0.3) is 0 Å². The third kappa shape index (κ3) is 3.06. The normalized spacial score (nSPS) is 11.8. The second-order valence-corrected chi connectivity index (χ2v) is 6.61. The van der Waals surface area contributed by atoms with Crippen molar-refractivity contribution >= 4 is 15.7 Å². The van der Waals surface area contributed by atoms with Crippen LogP contribution in [-0.4, -0.2) is 18.2 Å². The average Bonchev–Trinajstić information content (AvgIpc) is 2.73. The van der Waals surface area contributed by atoms with Gasteiger partial charge in [-0.05, 0) is 31.5 Å². The number of nitrogens with zero attached hydrogens (tertiary/aromatic N) is 2. The van der Waals surface area contributed by atoms with Crippen LogP contribution in [0.4, 0.5) is 10.1 Å². The minimum Gasteiger partial charge on any atom is -0.396 e. The largest absolute Gasteiger partial charge is 0.396 e. The molecule has 0 amide bonds. The minimum atomic E-state index is -3.76. The Bertz CT molecular complexity index is 760. The van der Waals surface area contributed by atoms with Crippen LogP contribution in [0.25, 0.3) is 0 Å². The van der Waals surface area contributed by atoms with Crippen molar-refractivity contribution in [1.29, 1.82) is 0 Å². The van der Waals surface area contributed by atoms with E-state index < -0.39 is 15.8 Å². The van der Waals surface area contributed by atoms with E-state index in [-0.39, 0.29) is 22.7 Å². The summed E-state index contributed by atoms with van der Waals surface area (Å²) in [6.07, 6.45) is 1.60. The molecule has 3 N–H and O–H groups in total. The van der Waals surface area contributed by atoms with Crippen LogP contribution in [0.5, 0.6) is 0 Å². The van der Waals surface area contributed by atoms with Gasteiger partial charge < -0.3 is 5.73 Å². The number of benzene rings is 1. The fraction of sp³-hybridized carbons (Fsp3) is 0.308. The van der Waals surface area contributed by atoms with Crippen LogP contribution in [0.1, 0.15) is 16.8 Å². The van der Waals surface area contributed by atoms with Crippen molar-refractivity contribution in [3.8, 4) is 0 Å². The molecular weight excluding hydrogens is 295 g/mol. The Morgan fingerprint density at radius 2 is 2.05 bits per heavy atom. The quantitative estimate of drug-likeness (QED) is 0.831. The van der Waals surface area contributed by atoms with Crippen LogP contribution < -0.4 is 10.5 Å². The molecule has 114 valence electrons. The third-order valence-electron chi connectivity index (χ3n) is 3.36. The van der Waals surface area contributed by atoms with Gasteiger partial charge >= 0.3 is 0 Å². The van der Waals surface area contributed by atoms with Crippen molar-refractivity contribution < 1.29 is 12.8 Å². The molecule has 0 saturated carbocycles. The van der Waals surface area contributed by atoms with Gasteiger partial charge in [-0.3, -0.25) is 4.68 Å². The van der Waals surface area contributed by atoms with E-state index in [0.29, 0.717) is 0 Å². The molecule has 1 aromatic carbocycles. The summed E-state index contributed by atoms with van der Waals surface area (Å²) in [5.41, 5.74) is 7.11. The van der Waals surface area contributed by atoms with Gasteiger partial charge in [0, 0.05) is 24.8 Å².